The summed E-state index contributed by atoms with van der Waals surface area (Å²) in [5, 5.41) is 1.32. The fourth-order valence-electron chi connectivity index (χ4n) is 1.54. The quantitative estimate of drug-likeness (QED) is 0.734. The van der Waals surface area contributed by atoms with Gasteiger partial charge >= 0.3 is 0 Å². The third kappa shape index (κ3) is 2.54. The summed E-state index contributed by atoms with van der Waals surface area (Å²) >= 11 is 10.9. The van der Waals surface area contributed by atoms with Gasteiger partial charge in [-0.25, -0.2) is 15.0 Å². The number of hydrogen-bond acceptors (Lipinski definition) is 5. The van der Waals surface area contributed by atoms with Gasteiger partial charge in [0.2, 0.25) is 0 Å². The summed E-state index contributed by atoms with van der Waals surface area (Å²) in [6.45, 7) is 0. The van der Waals surface area contributed by atoms with Crippen LogP contribution in [-0.2, 0) is 0 Å². The van der Waals surface area contributed by atoms with Crippen molar-refractivity contribution in [3.8, 4) is 0 Å². The molecule has 0 bridgehead atoms. The lowest BCUT2D eigenvalue weighted by Gasteiger charge is -2.01. The summed E-state index contributed by atoms with van der Waals surface area (Å²) < 4.78 is 0.932. The molecule has 3 N–H and O–H groups in total. The average molecular weight is 357 g/mol. The first-order valence-corrected chi connectivity index (χ1v) is 7.21. The zero-order chi connectivity index (χ0) is 13.4. The molecule has 0 unspecified atom stereocenters. The van der Waals surface area contributed by atoms with E-state index < -0.39 is 0 Å². The number of nitrogens with one attached hydrogen (secondary N) is 1. The number of imidazole rings is 1. The van der Waals surface area contributed by atoms with Crippen LogP contribution in [0.25, 0.3) is 11.2 Å². The van der Waals surface area contributed by atoms with Gasteiger partial charge in [-0.2, -0.15) is 0 Å². The van der Waals surface area contributed by atoms with Gasteiger partial charge in [0.1, 0.15) is 6.33 Å². The highest BCUT2D eigenvalue weighted by Gasteiger charge is 2.10. The molecule has 0 spiro atoms. The average Bonchev–Trinajstić information content (AvgIpc) is 2.77. The summed E-state index contributed by atoms with van der Waals surface area (Å²) in [5.41, 5.74) is 6.92. The van der Waals surface area contributed by atoms with Crippen LogP contribution in [0.15, 0.2) is 39.1 Å². The van der Waals surface area contributed by atoms with E-state index in [0.717, 1.165) is 9.37 Å². The molecule has 5 nitrogen and oxygen atoms in total. The predicted molar refractivity (Wildman–Crippen MR) is 79.4 cm³/mol. The van der Waals surface area contributed by atoms with Crippen LogP contribution < -0.4 is 5.73 Å². The number of aromatic nitrogens is 4. The van der Waals surface area contributed by atoms with Crippen LogP contribution in [0.2, 0.25) is 5.02 Å². The maximum absolute atomic E-state index is 6.16. The van der Waals surface area contributed by atoms with Crippen molar-refractivity contribution in [1.29, 1.82) is 0 Å². The first-order chi connectivity index (χ1) is 9.13. The van der Waals surface area contributed by atoms with Crippen molar-refractivity contribution in [1.82, 2.24) is 19.9 Å². The minimum atomic E-state index is 0.356. The van der Waals surface area contributed by atoms with E-state index in [-0.39, 0.29) is 0 Å². The van der Waals surface area contributed by atoms with E-state index in [0.29, 0.717) is 27.2 Å². The van der Waals surface area contributed by atoms with Gasteiger partial charge in [-0.1, -0.05) is 39.3 Å². The van der Waals surface area contributed by atoms with E-state index in [1.54, 1.807) is 0 Å². The van der Waals surface area contributed by atoms with Crippen LogP contribution in [0.1, 0.15) is 0 Å². The number of rotatable bonds is 2. The zero-order valence-electron chi connectivity index (χ0n) is 9.39. The number of benzene rings is 1. The second kappa shape index (κ2) is 4.99. The van der Waals surface area contributed by atoms with Crippen LogP contribution in [0.3, 0.4) is 0 Å². The number of hydrogen-bond donors (Lipinski definition) is 2. The fourth-order valence-corrected chi connectivity index (χ4v) is 3.11. The molecule has 0 saturated carbocycles. The number of aromatic amines is 1. The SMILES string of the molecule is Nc1ncnc2[nH]c(Sc3ccc(Br)cc3Cl)nc12. The molecule has 3 aromatic rings. The Morgan fingerprint density at radius 2 is 2.16 bits per heavy atom. The molecule has 8 heteroatoms. The summed E-state index contributed by atoms with van der Waals surface area (Å²) in [4.78, 5) is 16.3. The zero-order valence-corrected chi connectivity index (χ0v) is 12.6. The van der Waals surface area contributed by atoms with Crippen molar-refractivity contribution >= 4 is 56.3 Å². The Kier molecular flexibility index (Phi) is 3.34. The third-order valence-corrected chi connectivity index (χ3v) is 4.27. The molecular formula is C11H7BrClN5S. The molecule has 0 fully saturated rings. The molecule has 2 aromatic heterocycles. The van der Waals surface area contributed by atoms with Gasteiger partial charge in [0.05, 0.1) is 5.02 Å². The Morgan fingerprint density at radius 3 is 2.89 bits per heavy atom. The minimum absolute atomic E-state index is 0.356. The summed E-state index contributed by atoms with van der Waals surface area (Å²) in [5.74, 6) is 0.356. The highest BCUT2D eigenvalue weighted by Crippen LogP contribution is 2.34. The molecule has 0 aliphatic heterocycles. The Hall–Kier alpha value is -1.31. The smallest absolute Gasteiger partial charge is 0.172 e. The predicted octanol–water partition coefficient (Wildman–Crippen LogP) is 3.50. The van der Waals surface area contributed by atoms with Gasteiger partial charge in [0.15, 0.2) is 22.1 Å². The Morgan fingerprint density at radius 1 is 1.32 bits per heavy atom. The maximum Gasteiger partial charge on any atom is 0.172 e. The van der Waals surface area contributed by atoms with Gasteiger partial charge in [0, 0.05) is 9.37 Å². The van der Waals surface area contributed by atoms with Crippen LogP contribution in [-0.4, -0.2) is 19.9 Å². The topological polar surface area (TPSA) is 80.5 Å². The van der Waals surface area contributed by atoms with Gasteiger partial charge in [0.25, 0.3) is 0 Å². The lowest BCUT2D eigenvalue weighted by atomic mass is 10.4. The van der Waals surface area contributed by atoms with Crippen LogP contribution in [0.5, 0.6) is 0 Å². The Labute approximate surface area is 126 Å². The normalized spacial score (nSPS) is 11.1. The van der Waals surface area contributed by atoms with Crippen LogP contribution in [0, 0.1) is 0 Å². The second-order valence-electron chi connectivity index (χ2n) is 3.67. The molecule has 19 heavy (non-hydrogen) atoms. The van der Waals surface area contributed by atoms with Crippen molar-refractivity contribution in [3.05, 3.63) is 34.0 Å². The number of nitrogens with zero attached hydrogens (tertiary/aromatic N) is 3. The third-order valence-electron chi connectivity index (χ3n) is 2.39. The molecule has 0 atom stereocenters. The minimum Gasteiger partial charge on any atom is -0.382 e. The summed E-state index contributed by atoms with van der Waals surface area (Å²) in [6, 6.07) is 5.67. The van der Waals surface area contributed by atoms with E-state index in [2.05, 4.69) is 35.9 Å². The Bertz CT molecular complexity index is 760. The maximum atomic E-state index is 6.16. The highest BCUT2D eigenvalue weighted by molar-refractivity contribution is 9.10. The van der Waals surface area contributed by atoms with Crippen molar-refractivity contribution in [3.63, 3.8) is 0 Å². The van der Waals surface area contributed by atoms with E-state index in [1.807, 2.05) is 18.2 Å². The first-order valence-electron chi connectivity index (χ1n) is 5.22. The monoisotopic (exact) mass is 355 g/mol. The first kappa shape index (κ1) is 12.7. The van der Waals surface area contributed by atoms with E-state index in [4.69, 9.17) is 17.3 Å². The molecule has 2 heterocycles. The van der Waals surface area contributed by atoms with Gasteiger partial charge in [-0.05, 0) is 18.2 Å². The van der Waals surface area contributed by atoms with E-state index in [9.17, 15) is 0 Å². The molecule has 0 amide bonds. The van der Waals surface area contributed by atoms with E-state index in [1.165, 1.54) is 18.1 Å². The molecule has 96 valence electrons. The molecule has 0 radical (unpaired) electrons. The standard InChI is InChI=1S/C11H7BrClN5S/c12-5-1-2-7(6(13)3-5)19-11-17-8-9(14)15-4-16-10(8)18-11/h1-4H,(H3,14,15,16,17,18). The number of nitrogens with two attached hydrogens (primary N) is 1. The lowest BCUT2D eigenvalue weighted by Crippen LogP contribution is -1.91. The summed E-state index contributed by atoms with van der Waals surface area (Å²) in [7, 11) is 0. The molecular weight excluding hydrogens is 350 g/mol. The van der Waals surface area contributed by atoms with E-state index >= 15 is 0 Å². The van der Waals surface area contributed by atoms with Crippen molar-refractivity contribution in [2.24, 2.45) is 0 Å². The lowest BCUT2D eigenvalue weighted by molar-refractivity contribution is 1.07. The largest absolute Gasteiger partial charge is 0.382 e. The summed E-state index contributed by atoms with van der Waals surface area (Å²) in [6.07, 6.45) is 1.40. The van der Waals surface area contributed by atoms with Gasteiger partial charge in [-0.15, -0.1) is 0 Å². The van der Waals surface area contributed by atoms with Crippen molar-refractivity contribution in [2.45, 2.75) is 10.1 Å². The number of nitrogen functional groups attached to an aromatic ring is 1. The molecule has 0 aliphatic carbocycles. The van der Waals surface area contributed by atoms with Crippen LogP contribution in [0.4, 0.5) is 5.82 Å². The number of halogens is 2. The molecule has 1 aromatic carbocycles. The molecule has 3 rings (SSSR count). The number of anilines is 1. The number of fused-ring (bicyclic) bond motifs is 1. The van der Waals surface area contributed by atoms with Crippen LogP contribution >= 0.6 is 39.3 Å². The van der Waals surface area contributed by atoms with Gasteiger partial charge in [-0.3, -0.25) is 0 Å². The van der Waals surface area contributed by atoms with Crippen molar-refractivity contribution < 1.29 is 0 Å². The fraction of sp³-hybridized carbons (Fsp3) is 0. The van der Waals surface area contributed by atoms with Crippen molar-refractivity contribution in [2.75, 3.05) is 5.73 Å². The molecule has 0 aliphatic rings. The molecule has 0 saturated heterocycles. The highest BCUT2D eigenvalue weighted by atomic mass is 79.9. The van der Waals surface area contributed by atoms with Gasteiger partial charge < -0.3 is 10.7 Å². The second-order valence-corrected chi connectivity index (χ2v) is 6.03. The Balaban J connectivity index is 1.99. The number of H-pyrrole nitrogens is 1.